The predicted octanol–water partition coefficient (Wildman–Crippen LogP) is 3.16. The van der Waals surface area contributed by atoms with E-state index in [4.69, 9.17) is 11.1 Å². The highest BCUT2D eigenvalue weighted by atomic mass is 32.1. The Morgan fingerprint density at radius 3 is 2.90 bits per heavy atom. The van der Waals surface area contributed by atoms with Crippen molar-refractivity contribution in [2.24, 2.45) is 5.73 Å². The minimum atomic E-state index is -0.0760. The summed E-state index contributed by atoms with van der Waals surface area (Å²) in [6.45, 7) is 3.49. The van der Waals surface area contributed by atoms with E-state index in [1.165, 1.54) is 53.4 Å². The van der Waals surface area contributed by atoms with Gasteiger partial charge in [0.1, 0.15) is 0 Å². The minimum absolute atomic E-state index is 0.0760. The number of aromatic nitrogens is 1. The Hall–Kier alpha value is -1.44. The van der Waals surface area contributed by atoms with Crippen molar-refractivity contribution >= 4 is 33.8 Å². The molecule has 1 aliphatic heterocycles. The molecule has 0 atom stereocenters. The summed E-state index contributed by atoms with van der Waals surface area (Å²) < 4.78 is 0. The van der Waals surface area contributed by atoms with Gasteiger partial charge in [0.15, 0.2) is 11.1 Å². The van der Waals surface area contributed by atoms with Crippen LogP contribution >= 0.6 is 22.7 Å². The minimum Gasteiger partial charge on any atom is -0.370 e. The van der Waals surface area contributed by atoms with Crippen LogP contribution in [0.1, 0.15) is 24.1 Å². The van der Waals surface area contributed by atoms with Crippen molar-refractivity contribution < 1.29 is 0 Å². The number of likely N-dealkylation sites (tertiary alicyclic amines) is 1. The molecule has 7 heteroatoms. The number of anilines is 1. The van der Waals surface area contributed by atoms with Crippen LogP contribution in [-0.2, 0) is 6.54 Å². The van der Waals surface area contributed by atoms with Gasteiger partial charge in [0.25, 0.3) is 0 Å². The molecule has 112 valence electrons. The van der Waals surface area contributed by atoms with Crippen molar-refractivity contribution in [3.05, 3.63) is 22.4 Å². The Morgan fingerprint density at radius 1 is 1.33 bits per heavy atom. The van der Waals surface area contributed by atoms with Crippen molar-refractivity contribution in [1.29, 1.82) is 5.41 Å². The van der Waals surface area contributed by atoms with Gasteiger partial charge in [0.2, 0.25) is 0 Å². The fourth-order valence-electron chi connectivity index (χ4n) is 2.50. The number of hydrogen-bond donors (Lipinski definition) is 3. The Labute approximate surface area is 132 Å². The fraction of sp³-hybridized carbons (Fsp3) is 0.429. The molecule has 5 nitrogen and oxygen atoms in total. The van der Waals surface area contributed by atoms with Gasteiger partial charge >= 0.3 is 0 Å². The van der Waals surface area contributed by atoms with Gasteiger partial charge in [-0.25, -0.2) is 4.98 Å². The molecule has 0 spiro atoms. The Bertz CT molecular complexity index is 612. The van der Waals surface area contributed by atoms with E-state index in [1.807, 2.05) is 5.38 Å². The number of guanidine groups is 1. The van der Waals surface area contributed by atoms with E-state index in [9.17, 15) is 0 Å². The average Bonchev–Trinajstić information content (AvgIpc) is 3.08. The Balaban J connectivity index is 1.66. The Kier molecular flexibility index (Phi) is 4.52. The number of nitrogens with one attached hydrogen (secondary N) is 2. The third-order valence-electron chi connectivity index (χ3n) is 3.49. The van der Waals surface area contributed by atoms with Crippen LogP contribution in [0.5, 0.6) is 0 Å². The third-order valence-corrected chi connectivity index (χ3v) is 5.34. The molecule has 0 saturated carbocycles. The molecule has 1 saturated heterocycles. The normalized spacial score (nSPS) is 16.0. The molecular weight excluding hydrogens is 302 g/mol. The third kappa shape index (κ3) is 3.81. The van der Waals surface area contributed by atoms with Crippen LogP contribution in [-0.4, -0.2) is 28.9 Å². The van der Waals surface area contributed by atoms with Crippen molar-refractivity contribution in [2.45, 2.75) is 25.8 Å². The van der Waals surface area contributed by atoms with Gasteiger partial charge in [-0.3, -0.25) is 10.3 Å². The lowest BCUT2D eigenvalue weighted by Gasteiger charge is -2.25. The molecule has 0 bridgehead atoms. The first-order valence-corrected chi connectivity index (χ1v) is 8.78. The van der Waals surface area contributed by atoms with E-state index in [0.717, 1.165) is 12.2 Å². The lowest BCUT2D eigenvalue weighted by atomic mass is 10.1. The number of thiophene rings is 1. The zero-order valence-electron chi connectivity index (χ0n) is 11.8. The van der Waals surface area contributed by atoms with Crippen molar-refractivity contribution in [3.63, 3.8) is 0 Å². The zero-order chi connectivity index (χ0) is 14.7. The van der Waals surface area contributed by atoms with Crippen molar-refractivity contribution in [2.75, 3.05) is 18.4 Å². The molecule has 0 amide bonds. The molecule has 0 aliphatic carbocycles. The van der Waals surface area contributed by atoms with Crippen LogP contribution in [0.25, 0.3) is 10.6 Å². The molecule has 3 rings (SSSR count). The van der Waals surface area contributed by atoms with Gasteiger partial charge in [-0.1, -0.05) is 6.42 Å². The monoisotopic (exact) mass is 321 g/mol. The van der Waals surface area contributed by atoms with Crippen molar-refractivity contribution in [1.82, 2.24) is 9.88 Å². The summed E-state index contributed by atoms with van der Waals surface area (Å²) in [4.78, 5) is 9.56. The number of rotatable bonds is 4. The number of thiazole rings is 1. The van der Waals surface area contributed by atoms with E-state index in [0.29, 0.717) is 5.13 Å². The molecule has 1 aliphatic rings. The van der Waals surface area contributed by atoms with Gasteiger partial charge in [-0.2, -0.15) is 0 Å². The number of nitrogens with zero attached hydrogens (tertiary/aromatic N) is 2. The average molecular weight is 321 g/mol. The number of hydrogen-bond acceptors (Lipinski definition) is 5. The molecule has 21 heavy (non-hydrogen) atoms. The molecule has 4 N–H and O–H groups in total. The predicted molar refractivity (Wildman–Crippen MR) is 90.1 cm³/mol. The lowest BCUT2D eigenvalue weighted by Crippen LogP contribution is -2.28. The van der Waals surface area contributed by atoms with Gasteiger partial charge in [0, 0.05) is 16.8 Å². The summed E-state index contributed by atoms with van der Waals surface area (Å²) in [5.41, 5.74) is 6.27. The second-order valence-corrected chi connectivity index (χ2v) is 7.21. The lowest BCUT2D eigenvalue weighted by molar-refractivity contribution is 0.222. The van der Waals surface area contributed by atoms with Crippen LogP contribution in [0.15, 0.2) is 17.5 Å². The molecule has 0 unspecified atom stereocenters. The molecule has 2 aromatic heterocycles. The van der Waals surface area contributed by atoms with Gasteiger partial charge in [-0.05, 0) is 38.1 Å². The standard InChI is InChI=1S/C14H19N5S2/c15-13(16)18-14-17-11(9-20-14)12-5-4-10(21-12)8-19-6-2-1-3-7-19/h4-5,9H,1-3,6-8H2,(H4,15,16,17,18). The maximum Gasteiger partial charge on any atom is 0.192 e. The first-order chi connectivity index (χ1) is 10.2. The highest BCUT2D eigenvalue weighted by Gasteiger charge is 2.13. The molecule has 0 radical (unpaired) electrons. The van der Waals surface area contributed by atoms with Crippen LogP contribution in [0.2, 0.25) is 0 Å². The Morgan fingerprint density at radius 2 is 2.14 bits per heavy atom. The molecule has 1 fully saturated rings. The van der Waals surface area contributed by atoms with Gasteiger partial charge in [0.05, 0.1) is 10.6 Å². The summed E-state index contributed by atoms with van der Waals surface area (Å²) >= 11 is 3.27. The largest absolute Gasteiger partial charge is 0.370 e. The fourth-order valence-corrected chi connectivity index (χ4v) is 4.31. The molecule has 0 aromatic carbocycles. The maximum atomic E-state index is 7.22. The quantitative estimate of drug-likeness (QED) is 0.597. The van der Waals surface area contributed by atoms with Crippen LogP contribution in [0.4, 0.5) is 5.13 Å². The van der Waals surface area contributed by atoms with Crippen LogP contribution < -0.4 is 11.1 Å². The van der Waals surface area contributed by atoms with Gasteiger partial charge < -0.3 is 11.1 Å². The zero-order valence-corrected chi connectivity index (χ0v) is 13.4. The molecule has 2 aromatic rings. The van der Waals surface area contributed by atoms with E-state index in [2.05, 4.69) is 27.3 Å². The molecule has 3 heterocycles. The topological polar surface area (TPSA) is 78.0 Å². The van der Waals surface area contributed by atoms with E-state index in [1.54, 1.807) is 11.3 Å². The second kappa shape index (κ2) is 6.55. The van der Waals surface area contributed by atoms with Crippen molar-refractivity contribution in [3.8, 4) is 10.6 Å². The maximum absolute atomic E-state index is 7.22. The van der Waals surface area contributed by atoms with E-state index < -0.39 is 0 Å². The smallest absolute Gasteiger partial charge is 0.192 e. The SMILES string of the molecule is N=C(N)Nc1nc(-c2ccc(CN3CCCCC3)s2)cs1. The summed E-state index contributed by atoms with van der Waals surface area (Å²) in [6, 6.07) is 4.34. The van der Waals surface area contributed by atoms with Gasteiger partial charge in [-0.15, -0.1) is 22.7 Å². The van der Waals surface area contributed by atoms with Crippen LogP contribution in [0, 0.1) is 5.41 Å². The number of nitrogens with two attached hydrogens (primary N) is 1. The first kappa shape index (κ1) is 14.5. The van der Waals surface area contributed by atoms with Crippen LogP contribution in [0.3, 0.4) is 0 Å². The molecular formula is C14H19N5S2. The van der Waals surface area contributed by atoms with E-state index in [-0.39, 0.29) is 5.96 Å². The highest BCUT2D eigenvalue weighted by Crippen LogP contribution is 2.31. The number of piperidine rings is 1. The summed E-state index contributed by atoms with van der Waals surface area (Å²) in [5, 5.41) is 12.6. The highest BCUT2D eigenvalue weighted by molar-refractivity contribution is 7.17. The first-order valence-electron chi connectivity index (χ1n) is 7.09. The summed E-state index contributed by atoms with van der Waals surface area (Å²) in [6.07, 6.45) is 4.02. The summed E-state index contributed by atoms with van der Waals surface area (Å²) in [5.74, 6) is -0.0760. The second-order valence-electron chi connectivity index (χ2n) is 5.18. The summed E-state index contributed by atoms with van der Waals surface area (Å²) in [7, 11) is 0. The van der Waals surface area contributed by atoms with E-state index >= 15 is 0 Å².